The number of nitrogens with one attached hydrogen (secondary N) is 1. The average Bonchev–Trinajstić information content (AvgIpc) is 2.25. The van der Waals surface area contributed by atoms with Crippen LogP contribution in [-0.2, 0) is 0 Å². The molecule has 1 aromatic rings. The van der Waals surface area contributed by atoms with E-state index in [0.717, 1.165) is 6.42 Å². The average molecular weight is 204 g/mol. The second kappa shape index (κ2) is 5.96. The molecule has 0 aromatic heterocycles. The summed E-state index contributed by atoms with van der Waals surface area (Å²) in [5, 5.41) is 3.86. The molecule has 0 spiro atoms. The molecule has 80 valence electrons. The van der Waals surface area contributed by atoms with Gasteiger partial charge in [0.2, 0.25) is 0 Å². The monoisotopic (exact) mass is 204 g/mol. The Morgan fingerprint density at radius 2 is 2.07 bits per heavy atom. The van der Waals surface area contributed by atoms with E-state index in [2.05, 4.69) is 24.4 Å². The molecule has 0 bridgehead atoms. The minimum atomic E-state index is -0.171. The maximum absolute atomic E-state index is 11.5. The zero-order chi connectivity index (χ0) is 11.1. The number of hydrogen-bond acceptors (Lipinski definition) is 2. The van der Waals surface area contributed by atoms with Gasteiger partial charge in [-0.25, -0.2) is 5.43 Å². The molecule has 1 N–H and O–H groups in total. The fourth-order valence-electron chi connectivity index (χ4n) is 1.02. The van der Waals surface area contributed by atoms with Crippen LogP contribution in [0.15, 0.2) is 35.4 Å². The predicted molar refractivity (Wildman–Crippen MR) is 61.9 cm³/mol. The Labute approximate surface area is 90.2 Å². The molecule has 1 aromatic carbocycles. The van der Waals surface area contributed by atoms with Crippen molar-refractivity contribution in [2.75, 3.05) is 0 Å². The normalized spacial score (nSPS) is 10.9. The SMILES string of the molecule is CC(C)C/C=N/NC(=O)c1ccccc1. The maximum Gasteiger partial charge on any atom is 0.271 e. The summed E-state index contributed by atoms with van der Waals surface area (Å²) < 4.78 is 0. The molecule has 0 saturated carbocycles. The Bertz CT molecular complexity index is 331. The molecule has 3 nitrogen and oxygen atoms in total. The molecule has 0 radical (unpaired) electrons. The number of benzene rings is 1. The zero-order valence-corrected chi connectivity index (χ0v) is 9.10. The van der Waals surface area contributed by atoms with Crippen molar-refractivity contribution in [2.45, 2.75) is 20.3 Å². The molecule has 0 unspecified atom stereocenters. The van der Waals surface area contributed by atoms with Crippen LogP contribution in [0.4, 0.5) is 0 Å². The van der Waals surface area contributed by atoms with Crippen molar-refractivity contribution in [3.8, 4) is 0 Å². The van der Waals surface area contributed by atoms with Crippen molar-refractivity contribution in [3.05, 3.63) is 35.9 Å². The third-order valence-corrected chi connectivity index (χ3v) is 1.87. The highest BCUT2D eigenvalue weighted by atomic mass is 16.2. The number of carbonyl (C=O) groups excluding carboxylic acids is 1. The van der Waals surface area contributed by atoms with Crippen LogP contribution in [0.3, 0.4) is 0 Å². The largest absolute Gasteiger partial charge is 0.271 e. The van der Waals surface area contributed by atoms with Crippen LogP contribution < -0.4 is 5.43 Å². The fourth-order valence-corrected chi connectivity index (χ4v) is 1.02. The smallest absolute Gasteiger partial charge is 0.267 e. The van der Waals surface area contributed by atoms with E-state index in [9.17, 15) is 4.79 Å². The first kappa shape index (κ1) is 11.4. The van der Waals surface area contributed by atoms with E-state index in [1.165, 1.54) is 0 Å². The van der Waals surface area contributed by atoms with Gasteiger partial charge in [0.1, 0.15) is 0 Å². The minimum absolute atomic E-state index is 0.171. The molecule has 0 saturated heterocycles. The molecule has 0 fully saturated rings. The summed E-state index contributed by atoms with van der Waals surface area (Å²) in [7, 11) is 0. The van der Waals surface area contributed by atoms with Crippen molar-refractivity contribution in [2.24, 2.45) is 11.0 Å². The van der Waals surface area contributed by atoms with E-state index in [0.29, 0.717) is 11.5 Å². The van der Waals surface area contributed by atoms with Crippen molar-refractivity contribution in [1.82, 2.24) is 5.43 Å². The quantitative estimate of drug-likeness (QED) is 0.594. The molecule has 0 aliphatic rings. The topological polar surface area (TPSA) is 41.5 Å². The van der Waals surface area contributed by atoms with Gasteiger partial charge in [-0.05, 0) is 24.5 Å². The molecule has 1 amide bonds. The number of rotatable bonds is 4. The summed E-state index contributed by atoms with van der Waals surface area (Å²) in [4.78, 5) is 11.5. The van der Waals surface area contributed by atoms with Crippen LogP contribution in [-0.4, -0.2) is 12.1 Å². The highest BCUT2D eigenvalue weighted by Gasteiger charge is 2.00. The van der Waals surface area contributed by atoms with Gasteiger partial charge in [0.25, 0.3) is 5.91 Å². The van der Waals surface area contributed by atoms with E-state index in [4.69, 9.17) is 0 Å². The Kier molecular flexibility index (Phi) is 4.54. The van der Waals surface area contributed by atoms with Crippen LogP contribution in [0.2, 0.25) is 0 Å². The van der Waals surface area contributed by atoms with Gasteiger partial charge in [-0.1, -0.05) is 32.0 Å². The molecule has 0 heterocycles. The standard InChI is InChI=1S/C12H16N2O/c1-10(2)8-9-13-14-12(15)11-6-4-3-5-7-11/h3-7,9-10H,8H2,1-2H3,(H,14,15)/b13-9+. The zero-order valence-electron chi connectivity index (χ0n) is 9.10. The van der Waals surface area contributed by atoms with Gasteiger partial charge < -0.3 is 0 Å². The van der Waals surface area contributed by atoms with Crippen molar-refractivity contribution < 1.29 is 4.79 Å². The van der Waals surface area contributed by atoms with Crippen LogP contribution in [0.5, 0.6) is 0 Å². The minimum Gasteiger partial charge on any atom is -0.267 e. The molecule has 0 atom stereocenters. The number of hydrogen-bond donors (Lipinski definition) is 1. The van der Waals surface area contributed by atoms with Crippen LogP contribution in [0, 0.1) is 5.92 Å². The van der Waals surface area contributed by atoms with Gasteiger partial charge in [0, 0.05) is 11.8 Å². The lowest BCUT2D eigenvalue weighted by atomic mass is 10.2. The second-order valence-corrected chi connectivity index (χ2v) is 3.75. The van der Waals surface area contributed by atoms with Crippen LogP contribution >= 0.6 is 0 Å². The Morgan fingerprint density at radius 1 is 1.40 bits per heavy atom. The van der Waals surface area contributed by atoms with Crippen molar-refractivity contribution in [3.63, 3.8) is 0 Å². The van der Waals surface area contributed by atoms with Gasteiger partial charge in [-0.3, -0.25) is 4.79 Å². The van der Waals surface area contributed by atoms with E-state index in [-0.39, 0.29) is 5.91 Å². The van der Waals surface area contributed by atoms with E-state index in [1.54, 1.807) is 18.3 Å². The highest BCUT2D eigenvalue weighted by molar-refractivity contribution is 5.94. The van der Waals surface area contributed by atoms with Crippen LogP contribution in [0.25, 0.3) is 0 Å². The number of amides is 1. The maximum atomic E-state index is 11.5. The van der Waals surface area contributed by atoms with E-state index >= 15 is 0 Å². The second-order valence-electron chi connectivity index (χ2n) is 3.75. The lowest BCUT2D eigenvalue weighted by Gasteiger charge is -1.99. The lowest BCUT2D eigenvalue weighted by molar-refractivity contribution is 0.0955. The van der Waals surface area contributed by atoms with Gasteiger partial charge >= 0.3 is 0 Å². The number of hydrazone groups is 1. The van der Waals surface area contributed by atoms with Crippen molar-refractivity contribution in [1.29, 1.82) is 0 Å². The first-order chi connectivity index (χ1) is 7.20. The fraction of sp³-hybridized carbons (Fsp3) is 0.333. The first-order valence-electron chi connectivity index (χ1n) is 5.07. The van der Waals surface area contributed by atoms with Crippen LogP contribution in [0.1, 0.15) is 30.6 Å². The lowest BCUT2D eigenvalue weighted by Crippen LogP contribution is -2.17. The van der Waals surface area contributed by atoms with Crippen molar-refractivity contribution >= 4 is 12.1 Å². The predicted octanol–water partition coefficient (Wildman–Crippen LogP) is 2.45. The number of carbonyl (C=O) groups is 1. The number of nitrogens with zero attached hydrogens (tertiary/aromatic N) is 1. The van der Waals surface area contributed by atoms with Gasteiger partial charge in [-0.15, -0.1) is 0 Å². The summed E-state index contributed by atoms with van der Waals surface area (Å²) in [6, 6.07) is 9.04. The molecule has 1 rings (SSSR count). The van der Waals surface area contributed by atoms with Gasteiger partial charge in [0.05, 0.1) is 0 Å². The Morgan fingerprint density at radius 3 is 2.67 bits per heavy atom. The Balaban J connectivity index is 2.40. The summed E-state index contributed by atoms with van der Waals surface area (Å²) >= 11 is 0. The van der Waals surface area contributed by atoms with Gasteiger partial charge in [0.15, 0.2) is 0 Å². The van der Waals surface area contributed by atoms with E-state index < -0.39 is 0 Å². The molecule has 0 aliphatic heterocycles. The summed E-state index contributed by atoms with van der Waals surface area (Å²) in [6.07, 6.45) is 2.60. The first-order valence-corrected chi connectivity index (χ1v) is 5.07. The Hall–Kier alpha value is -1.64. The molecular formula is C12H16N2O. The molecule has 15 heavy (non-hydrogen) atoms. The molecular weight excluding hydrogens is 188 g/mol. The third-order valence-electron chi connectivity index (χ3n) is 1.87. The summed E-state index contributed by atoms with van der Waals surface area (Å²) in [5.74, 6) is 0.387. The molecule has 3 heteroatoms. The third kappa shape index (κ3) is 4.40. The van der Waals surface area contributed by atoms with E-state index in [1.807, 2.05) is 18.2 Å². The highest BCUT2D eigenvalue weighted by Crippen LogP contribution is 1.98. The summed E-state index contributed by atoms with van der Waals surface area (Å²) in [6.45, 7) is 4.20. The van der Waals surface area contributed by atoms with Gasteiger partial charge in [-0.2, -0.15) is 5.10 Å². The molecule has 0 aliphatic carbocycles. The summed E-state index contributed by atoms with van der Waals surface area (Å²) in [5.41, 5.74) is 3.11.